The summed E-state index contributed by atoms with van der Waals surface area (Å²) in [5.41, 5.74) is 0.313. The number of nitrogens with one attached hydrogen (secondary N) is 2. The molecule has 0 radical (unpaired) electrons. The number of nitrogens with zero attached hydrogens (tertiary/aromatic N) is 2. The Balaban J connectivity index is 1.90. The molecule has 1 amide bonds. The molecule has 1 aromatic heterocycles. The molecule has 19 heavy (non-hydrogen) atoms. The quantitative estimate of drug-likeness (QED) is 0.842. The maximum absolute atomic E-state index is 12.0. The van der Waals surface area contributed by atoms with Crippen LogP contribution in [-0.2, 0) is 10.8 Å². The van der Waals surface area contributed by atoms with Crippen LogP contribution < -0.4 is 10.6 Å². The van der Waals surface area contributed by atoms with E-state index in [1.54, 1.807) is 12.1 Å². The highest BCUT2D eigenvalue weighted by Crippen LogP contribution is 2.10. The smallest absolute Gasteiger partial charge is 0.272 e. The molecule has 2 N–H and O–H groups in total. The highest BCUT2D eigenvalue weighted by atomic mass is 32.2. The molecule has 6 nitrogen and oxygen atoms in total. The van der Waals surface area contributed by atoms with Crippen LogP contribution in [0.1, 0.15) is 30.3 Å². The van der Waals surface area contributed by atoms with Gasteiger partial charge in [0.15, 0.2) is 5.69 Å². The van der Waals surface area contributed by atoms with E-state index in [1.807, 2.05) is 6.92 Å². The Morgan fingerprint density at radius 3 is 2.68 bits per heavy atom. The number of aromatic nitrogens is 2. The van der Waals surface area contributed by atoms with Gasteiger partial charge in [-0.3, -0.25) is 9.00 Å². The number of amides is 1. The van der Waals surface area contributed by atoms with Crippen molar-refractivity contribution < 1.29 is 9.00 Å². The van der Waals surface area contributed by atoms with E-state index in [4.69, 9.17) is 0 Å². The molecule has 1 aromatic rings. The number of anilines is 1. The third-order valence-corrected chi connectivity index (χ3v) is 4.36. The molecule has 7 heteroatoms. The van der Waals surface area contributed by atoms with Gasteiger partial charge in [-0.1, -0.05) is 0 Å². The lowest BCUT2D eigenvalue weighted by atomic mass is 10.1. The first-order chi connectivity index (χ1) is 9.19. The molecule has 1 aliphatic rings. The second-order valence-electron chi connectivity index (χ2n) is 4.43. The molecule has 1 aliphatic heterocycles. The van der Waals surface area contributed by atoms with Crippen molar-refractivity contribution in [2.24, 2.45) is 0 Å². The lowest BCUT2D eigenvalue weighted by molar-refractivity contribution is 0.0928. The van der Waals surface area contributed by atoms with Crippen molar-refractivity contribution in [1.82, 2.24) is 15.5 Å². The number of carbonyl (C=O) groups is 1. The minimum Gasteiger partial charge on any atom is -0.369 e. The lowest BCUT2D eigenvalue weighted by Crippen LogP contribution is -2.39. The minimum atomic E-state index is -0.713. The fraction of sp³-hybridized carbons (Fsp3) is 0.583. The largest absolute Gasteiger partial charge is 0.369 e. The second kappa shape index (κ2) is 6.60. The molecule has 0 aliphatic carbocycles. The fourth-order valence-corrected chi connectivity index (χ4v) is 3.23. The Morgan fingerprint density at radius 2 is 2.11 bits per heavy atom. The van der Waals surface area contributed by atoms with Gasteiger partial charge in [0, 0.05) is 34.9 Å². The van der Waals surface area contributed by atoms with Gasteiger partial charge < -0.3 is 10.6 Å². The van der Waals surface area contributed by atoms with Gasteiger partial charge in [0.1, 0.15) is 5.82 Å². The molecular weight excluding hydrogens is 264 g/mol. The summed E-state index contributed by atoms with van der Waals surface area (Å²) in [5, 5.41) is 13.7. The summed E-state index contributed by atoms with van der Waals surface area (Å²) >= 11 is 0. The second-order valence-corrected chi connectivity index (χ2v) is 6.13. The van der Waals surface area contributed by atoms with E-state index >= 15 is 0 Å². The summed E-state index contributed by atoms with van der Waals surface area (Å²) in [4.78, 5) is 12.0. The van der Waals surface area contributed by atoms with E-state index in [2.05, 4.69) is 20.8 Å². The van der Waals surface area contributed by atoms with Crippen molar-refractivity contribution in [2.45, 2.75) is 25.8 Å². The van der Waals surface area contributed by atoms with Crippen molar-refractivity contribution in [1.29, 1.82) is 0 Å². The maximum Gasteiger partial charge on any atom is 0.272 e. The van der Waals surface area contributed by atoms with Gasteiger partial charge in [0.05, 0.1) is 0 Å². The predicted molar refractivity (Wildman–Crippen MR) is 74.6 cm³/mol. The Labute approximate surface area is 114 Å². The van der Waals surface area contributed by atoms with Crippen molar-refractivity contribution in [3.05, 3.63) is 17.8 Å². The summed E-state index contributed by atoms with van der Waals surface area (Å²) in [7, 11) is -0.713. The standard InChI is InChI=1S/C12H18N4O2S/c1-2-13-11-4-3-10(15-16-11)12(17)14-9-5-7-19(18)8-6-9/h3-4,9H,2,5-8H2,1H3,(H,13,16)(H,14,17). The van der Waals surface area contributed by atoms with E-state index in [1.165, 1.54) is 0 Å². The molecule has 0 aromatic carbocycles. The van der Waals surface area contributed by atoms with Gasteiger partial charge in [-0.25, -0.2) is 0 Å². The van der Waals surface area contributed by atoms with Gasteiger partial charge in [-0.2, -0.15) is 0 Å². The van der Waals surface area contributed by atoms with Crippen LogP contribution >= 0.6 is 0 Å². The zero-order valence-corrected chi connectivity index (χ0v) is 11.7. The average Bonchev–Trinajstić information content (AvgIpc) is 2.42. The summed E-state index contributed by atoms with van der Waals surface area (Å²) < 4.78 is 11.2. The van der Waals surface area contributed by atoms with Gasteiger partial charge in [-0.05, 0) is 31.9 Å². The molecule has 104 valence electrons. The lowest BCUT2D eigenvalue weighted by Gasteiger charge is -2.22. The summed E-state index contributed by atoms with van der Waals surface area (Å²) in [6.45, 7) is 2.73. The normalized spacial score (nSPS) is 22.8. The molecular formula is C12H18N4O2S. The van der Waals surface area contributed by atoms with Crippen LogP contribution in [0.3, 0.4) is 0 Å². The first-order valence-electron chi connectivity index (χ1n) is 6.42. The third kappa shape index (κ3) is 3.99. The molecule has 0 atom stereocenters. The maximum atomic E-state index is 12.0. The van der Waals surface area contributed by atoms with Crippen LogP contribution in [0, 0.1) is 0 Å². The molecule has 1 fully saturated rings. The number of carbonyl (C=O) groups excluding carboxylic acids is 1. The SMILES string of the molecule is CCNc1ccc(C(=O)NC2CCS(=O)CC2)nn1. The van der Waals surface area contributed by atoms with Gasteiger partial charge in [0.2, 0.25) is 0 Å². The van der Waals surface area contributed by atoms with Crippen LogP contribution in [0.4, 0.5) is 5.82 Å². The Morgan fingerprint density at radius 1 is 1.37 bits per heavy atom. The third-order valence-electron chi connectivity index (χ3n) is 2.98. The zero-order valence-electron chi connectivity index (χ0n) is 10.9. The number of hydrogen-bond donors (Lipinski definition) is 2. The highest BCUT2D eigenvalue weighted by molar-refractivity contribution is 7.85. The number of hydrogen-bond acceptors (Lipinski definition) is 5. The van der Waals surface area contributed by atoms with Crippen LogP contribution in [0.25, 0.3) is 0 Å². The topological polar surface area (TPSA) is 84.0 Å². The zero-order chi connectivity index (χ0) is 13.7. The monoisotopic (exact) mass is 282 g/mol. The van der Waals surface area contributed by atoms with Crippen LogP contribution in [0.5, 0.6) is 0 Å². The van der Waals surface area contributed by atoms with Gasteiger partial charge in [0.25, 0.3) is 5.91 Å². The minimum absolute atomic E-state index is 0.0976. The van der Waals surface area contributed by atoms with E-state index in [0.717, 1.165) is 19.4 Å². The van der Waals surface area contributed by atoms with Gasteiger partial charge in [-0.15, -0.1) is 10.2 Å². The average molecular weight is 282 g/mol. The predicted octanol–water partition coefficient (Wildman–Crippen LogP) is 0.549. The Hall–Kier alpha value is -1.50. The van der Waals surface area contributed by atoms with E-state index in [0.29, 0.717) is 23.0 Å². The first kappa shape index (κ1) is 13.9. The van der Waals surface area contributed by atoms with Crippen molar-refractivity contribution in [3.8, 4) is 0 Å². The van der Waals surface area contributed by atoms with Crippen LogP contribution in [-0.4, -0.2) is 44.4 Å². The molecule has 0 bridgehead atoms. The van der Waals surface area contributed by atoms with Crippen molar-refractivity contribution >= 4 is 22.5 Å². The van der Waals surface area contributed by atoms with Crippen LogP contribution in [0.2, 0.25) is 0 Å². The fourth-order valence-electron chi connectivity index (χ4n) is 1.93. The molecule has 2 rings (SSSR count). The summed E-state index contributed by atoms with van der Waals surface area (Å²) in [5.74, 6) is 1.77. The van der Waals surface area contributed by atoms with Crippen LogP contribution in [0.15, 0.2) is 12.1 Å². The Bertz CT molecular complexity index is 453. The molecule has 0 saturated carbocycles. The Kier molecular flexibility index (Phi) is 4.84. The van der Waals surface area contributed by atoms with E-state index < -0.39 is 10.8 Å². The summed E-state index contributed by atoms with van der Waals surface area (Å²) in [6, 6.07) is 3.49. The molecule has 2 heterocycles. The van der Waals surface area contributed by atoms with E-state index in [9.17, 15) is 9.00 Å². The van der Waals surface area contributed by atoms with Crippen molar-refractivity contribution in [3.63, 3.8) is 0 Å². The van der Waals surface area contributed by atoms with Gasteiger partial charge >= 0.3 is 0 Å². The molecule has 1 saturated heterocycles. The first-order valence-corrected chi connectivity index (χ1v) is 7.91. The molecule has 0 unspecified atom stereocenters. The van der Waals surface area contributed by atoms with E-state index in [-0.39, 0.29) is 11.9 Å². The number of rotatable bonds is 4. The summed E-state index contributed by atoms with van der Waals surface area (Å²) in [6.07, 6.45) is 1.53. The van der Waals surface area contributed by atoms with Crippen molar-refractivity contribution in [2.75, 3.05) is 23.4 Å². The molecule has 0 spiro atoms. The highest BCUT2D eigenvalue weighted by Gasteiger charge is 2.20.